The van der Waals surface area contributed by atoms with Gasteiger partial charge in [-0.15, -0.1) is 11.3 Å². The second-order valence-corrected chi connectivity index (χ2v) is 6.76. The van der Waals surface area contributed by atoms with Crippen molar-refractivity contribution >= 4 is 34.0 Å². The van der Waals surface area contributed by atoms with Crippen LogP contribution in [0.15, 0.2) is 41.8 Å². The first kappa shape index (κ1) is 17.3. The van der Waals surface area contributed by atoms with Crippen molar-refractivity contribution in [3.63, 3.8) is 0 Å². The first-order valence-electron chi connectivity index (χ1n) is 8.27. The molecule has 6 nitrogen and oxygen atoms in total. The number of anilines is 2. The molecule has 1 fully saturated rings. The van der Waals surface area contributed by atoms with Gasteiger partial charge in [0.2, 0.25) is 5.91 Å². The van der Waals surface area contributed by atoms with Crippen LogP contribution in [0.25, 0.3) is 0 Å². The summed E-state index contributed by atoms with van der Waals surface area (Å²) < 4.78 is 5.42. The lowest BCUT2D eigenvalue weighted by atomic mass is 10.1. The minimum absolute atomic E-state index is 0.0784. The standard InChI is InChI=1S/C18H21N3O3S/c1-2-24-15-7-5-14(6-8-15)21-12-13(10-17(21)22)11-19-18(23)20-16-4-3-9-25-16/h3-9,13H,2,10-12H2,1H3,(H2,19,20,23). The third-order valence-electron chi connectivity index (χ3n) is 3.97. The topological polar surface area (TPSA) is 70.7 Å². The van der Waals surface area contributed by atoms with E-state index in [0.717, 1.165) is 16.4 Å². The van der Waals surface area contributed by atoms with Crippen molar-refractivity contribution in [3.05, 3.63) is 41.8 Å². The summed E-state index contributed by atoms with van der Waals surface area (Å²) in [5, 5.41) is 8.32. The zero-order valence-corrected chi connectivity index (χ0v) is 14.8. The molecule has 1 atom stereocenters. The number of carbonyl (C=O) groups excluding carboxylic acids is 2. The van der Waals surface area contributed by atoms with Crippen LogP contribution < -0.4 is 20.3 Å². The first-order valence-corrected chi connectivity index (χ1v) is 9.15. The fourth-order valence-corrected chi connectivity index (χ4v) is 3.41. The number of benzene rings is 1. The maximum atomic E-state index is 12.3. The van der Waals surface area contributed by atoms with Gasteiger partial charge in [0.15, 0.2) is 0 Å². The van der Waals surface area contributed by atoms with Crippen LogP contribution in [-0.2, 0) is 4.79 Å². The van der Waals surface area contributed by atoms with Crippen molar-refractivity contribution < 1.29 is 14.3 Å². The molecule has 1 aromatic heterocycles. The molecular formula is C18H21N3O3S. The number of thiophene rings is 1. The SMILES string of the molecule is CCOc1ccc(N2CC(CNC(=O)Nc3cccs3)CC2=O)cc1. The Morgan fingerprint density at radius 3 is 2.80 bits per heavy atom. The minimum atomic E-state index is -0.241. The number of ether oxygens (including phenoxy) is 1. The minimum Gasteiger partial charge on any atom is -0.494 e. The van der Waals surface area contributed by atoms with Gasteiger partial charge in [0.05, 0.1) is 11.6 Å². The molecule has 2 heterocycles. The summed E-state index contributed by atoms with van der Waals surface area (Å²) >= 11 is 1.47. The number of carbonyl (C=O) groups is 2. The van der Waals surface area contributed by atoms with Gasteiger partial charge in [0, 0.05) is 31.1 Å². The lowest BCUT2D eigenvalue weighted by molar-refractivity contribution is -0.117. The fraction of sp³-hybridized carbons (Fsp3) is 0.333. The van der Waals surface area contributed by atoms with E-state index in [1.54, 1.807) is 4.90 Å². The Bertz CT molecular complexity index is 716. The van der Waals surface area contributed by atoms with E-state index in [1.807, 2.05) is 48.7 Å². The molecule has 1 aromatic carbocycles. The zero-order valence-electron chi connectivity index (χ0n) is 14.0. The Morgan fingerprint density at radius 2 is 2.12 bits per heavy atom. The third kappa shape index (κ3) is 4.51. The van der Waals surface area contributed by atoms with E-state index < -0.39 is 0 Å². The summed E-state index contributed by atoms with van der Waals surface area (Å²) in [5.74, 6) is 0.976. The van der Waals surface area contributed by atoms with E-state index >= 15 is 0 Å². The molecule has 25 heavy (non-hydrogen) atoms. The smallest absolute Gasteiger partial charge is 0.319 e. The van der Waals surface area contributed by atoms with Gasteiger partial charge in [-0.3, -0.25) is 10.1 Å². The molecule has 0 spiro atoms. The Morgan fingerprint density at radius 1 is 1.32 bits per heavy atom. The van der Waals surface area contributed by atoms with Crippen LogP contribution in [0.3, 0.4) is 0 Å². The number of amides is 3. The van der Waals surface area contributed by atoms with E-state index in [-0.39, 0.29) is 17.9 Å². The van der Waals surface area contributed by atoms with Crippen LogP contribution in [0.5, 0.6) is 5.75 Å². The lowest BCUT2D eigenvalue weighted by Gasteiger charge is -2.17. The molecule has 0 bridgehead atoms. The molecule has 132 valence electrons. The molecule has 1 saturated heterocycles. The second-order valence-electron chi connectivity index (χ2n) is 5.81. The van der Waals surface area contributed by atoms with Gasteiger partial charge in [0.1, 0.15) is 5.75 Å². The summed E-state index contributed by atoms with van der Waals surface area (Å²) in [6.45, 7) is 3.62. The van der Waals surface area contributed by atoms with Gasteiger partial charge in [0.25, 0.3) is 0 Å². The predicted molar refractivity (Wildman–Crippen MR) is 99.4 cm³/mol. The molecule has 1 aliphatic heterocycles. The number of urea groups is 1. The highest BCUT2D eigenvalue weighted by molar-refractivity contribution is 7.14. The summed E-state index contributed by atoms with van der Waals surface area (Å²) in [6, 6.07) is 11.0. The quantitative estimate of drug-likeness (QED) is 0.831. The predicted octanol–water partition coefficient (Wildman–Crippen LogP) is 3.32. The number of nitrogens with zero attached hydrogens (tertiary/aromatic N) is 1. The van der Waals surface area contributed by atoms with Crippen molar-refractivity contribution in [2.45, 2.75) is 13.3 Å². The molecule has 2 aromatic rings. The Balaban J connectivity index is 1.50. The molecule has 0 saturated carbocycles. The molecular weight excluding hydrogens is 338 g/mol. The molecule has 0 aliphatic carbocycles. The highest BCUT2D eigenvalue weighted by atomic mass is 32.1. The average Bonchev–Trinajstić information content (AvgIpc) is 3.24. The lowest BCUT2D eigenvalue weighted by Crippen LogP contribution is -2.34. The summed E-state index contributed by atoms with van der Waals surface area (Å²) in [5.41, 5.74) is 0.860. The Hall–Kier alpha value is -2.54. The van der Waals surface area contributed by atoms with Gasteiger partial charge in [-0.05, 0) is 48.7 Å². The zero-order chi connectivity index (χ0) is 17.6. The van der Waals surface area contributed by atoms with Crippen molar-refractivity contribution in [2.24, 2.45) is 5.92 Å². The number of hydrogen-bond donors (Lipinski definition) is 2. The van der Waals surface area contributed by atoms with Crippen LogP contribution in [0.1, 0.15) is 13.3 Å². The normalized spacial score (nSPS) is 16.8. The van der Waals surface area contributed by atoms with Crippen LogP contribution in [0.2, 0.25) is 0 Å². The summed E-state index contributed by atoms with van der Waals surface area (Å²) in [6.07, 6.45) is 0.437. The molecule has 0 radical (unpaired) electrons. The van der Waals surface area contributed by atoms with Gasteiger partial charge in [-0.25, -0.2) is 4.79 Å². The monoisotopic (exact) mass is 359 g/mol. The number of nitrogens with one attached hydrogen (secondary N) is 2. The maximum Gasteiger partial charge on any atom is 0.319 e. The van der Waals surface area contributed by atoms with Crippen molar-refractivity contribution in [3.8, 4) is 5.75 Å². The Labute approximate surface area is 150 Å². The fourth-order valence-electron chi connectivity index (χ4n) is 2.80. The van der Waals surface area contributed by atoms with Crippen LogP contribution in [0.4, 0.5) is 15.5 Å². The first-order chi connectivity index (χ1) is 12.2. The number of hydrogen-bond acceptors (Lipinski definition) is 4. The van der Waals surface area contributed by atoms with Gasteiger partial charge in [-0.2, -0.15) is 0 Å². The summed E-state index contributed by atoms with van der Waals surface area (Å²) in [4.78, 5) is 25.9. The van der Waals surface area contributed by atoms with Crippen molar-refractivity contribution in [1.82, 2.24) is 5.32 Å². The average molecular weight is 359 g/mol. The highest BCUT2D eigenvalue weighted by Crippen LogP contribution is 2.26. The van der Waals surface area contributed by atoms with Crippen LogP contribution >= 0.6 is 11.3 Å². The van der Waals surface area contributed by atoms with Crippen LogP contribution in [-0.4, -0.2) is 31.6 Å². The molecule has 1 aliphatic rings. The Kier molecular flexibility index (Phi) is 5.55. The molecule has 3 amide bonds. The largest absolute Gasteiger partial charge is 0.494 e. The molecule has 1 unspecified atom stereocenters. The summed E-state index contributed by atoms with van der Waals surface area (Å²) in [7, 11) is 0. The van der Waals surface area contributed by atoms with E-state index in [9.17, 15) is 9.59 Å². The third-order valence-corrected chi connectivity index (χ3v) is 4.76. The van der Waals surface area contributed by atoms with Gasteiger partial charge >= 0.3 is 6.03 Å². The van der Waals surface area contributed by atoms with Gasteiger partial charge < -0.3 is 15.0 Å². The number of rotatable bonds is 6. The highest BCUT2D eigenvalue weighted by Gasteiger charge is 2.30. The van der Waals surface area contributed by atoms with E-state index in [1.165, 1.54) is 11.3 Å². The van der Waals surface area contributed by atoms with E-state index in [0.29, 0.717) is 26.1 Å². The van der Waals surface area contributed by atoms with Crippen LogP contribution in [0, 0.1) is 5.92 Å². The van der Waals surface area contributed by atoms with Crippen molar-refractivity contribution in [2.75, 3.05) is 29.9 Å². The molecule has 2 N–H and O–H groups in total. The van der Waals surface area contributed by atoms with Gasteiger partial charge in [-0.1, -0.05) is 0 Å². The second kappa shape index (κ2) is 8.02. The molecule has 3 rings (SSSR count). The van der Waals surface area contributed by atoms with E-state index in [2.05, 4.69) is 10.6 Å². The maximum absolute atomic E-state index is 12.3. The van der Waals surface area contributed by atoms with Crippen molar-refractivity contribution in [1.29, 1.82) is 0 Å². The van der Waals surface area contributed by atoms with E-state index in [4.69, 9.17) is 4.74 Å². The molecule has 7 heteroatoms.